The van der Waals surface area contributed by atoms with Crippen molar-refractivity contribution in [1.29, 1.82) is 0 Å². The van der Waals surface area contributed by atoms with Gasteiger partial charge in [-0.2, -0.15) is 0 Å². The van der Waals surface area contributed by atoms with Crippen LogP contribution in [0.15, 0.2) is 0 Å². The van der Waals surface area contributed by atoms with E-state index >= 15 is 0 Å². The van der Waals surface area contributed by atoms with Gasteiger partial charge in [-0.05, 0) is 6.92 Å². The second kappa shape index (κ2) is 9.38. The van der Waals surface area contributed by atoms with E-state index < -0.39 is 7.32 Å². The van der Waals surface area contributed by atoms with E-state index in [1.165, 1.54) is 0 Å². The molecule has 0 fully saturated rings. The lowest BCUT2D eigenvalue weighted by Crippen LogP contribution is -2.23. The molecule has 0 spiro atoms. The molecular weight excluding hydrogens is 191 g/mol. The van der Waals surface area contributed by atoms with Crippen LogP contribution in [0.1, 0.15) is 20.8 Å². The highest BCUT2D eigenvalue weighted by Crippen LogP contribution is 2.13. The van der Waals surface area contributed by atoms with Gasteiger partial charge in [-0.25, -0.2) is 9.78 Å². The summed E-state index contributed by atoms with van der Waals surface area (Å²) in [6, 6.07) is 0. The summed E-state index contributed by atoms with van der Waals surface area (Å²) in [7, 11) is -2.17. The minimum absolute atomic E-state index is 0.111. The third-order valence-electron chi connectivity index (χ3n) is 1.08. The summed E-state index contributed by atoms with van der Waals surface area (Å²) in [5, 5.41) is 30.3. The van der Waals surface area contributed by atoms with Gasteiger partial charge in [-0.15, -0.1) is 0 Å². The Labute approximate surface area is 84.2 Å². The van der Waals surface area contributed by atoms with Crippen molar-refractivity contribution in [1.82, 2.24) is 0 Å². The van der Waals surface area contributed by atoms with Crippen LogP contribution >= 0.6 is 0 Å². The average Bonchev–Trinajstić information content (AvgIpc) is 2.04. The molecule has 14 heavy (non-hydrogen) atoms. The normalized spacial score (nSPS) is 10.5. The summed E-state index contributed by atoms with van der Waals surface area (Å²) in [5.41, 5.74) is -0.199. The van der Waals surface area contributed by atoms with Crippen LogP contribution < -0.4 is 0 Å². The first-order chi connectivity index (χ1) is 6.35. The van der Waals surface area contributed by atoms with Gasteiger partial charge in [0, 0.05) is 5.41 Å². The Kier molecular flexibility index (Phi) is 10.9. The van der Waals surface area contributed by atoms with E-state index in [-0.39, 0.29) is 12.0 Å². The predicted molar refractivity (Wildman–Crippen MR) is 50.9 cm³/mol. The fourth-order valence-electron chi connectivity index (χ4n) is 0.330. The van der Waals surface area contributed by atoms with E-state index in [2.05, 4.69) is 4.89 Å². The second-order valence-electron chi connectivity index (χ2n) is 3.34. The SMILES string of the molecule is CCOOCC(C)(C)CO.OB(O)O. The van der Waals surface area contributed by atoms with Gasteiger partial charge in [0.2, 0.25) is 0 Å². The minimum atomic E-state index is -2.17. The van der Waals surface area contributed by atoms with Crippen LogP contribution in [0.3, 0.4) is 0 Å². The van der Waals surface area contributed by atoms with Gasteiger partial charge >= 0.3 is 7.32 Å². The Hall–Kier alpha value is -0.175. The lowest BCUT2D eigenvalue weighted by Gasteiger charge is -2.19. The van der Waals surface area contributed by atoms with Crippen LogP contribution in [0.2, 0.25) is 0 Å². The second-order valence-corrected chi connectivity index (χ2v) is 3.34. The predicted octanol–water partition coefficient (Wildman–Crippen LogP) is -1.08. The van der Waals surface area contributed by atoms with Gasteiger partial charge < -0.3 is 20.2 Å². The third kappa shape index (κ3) is 17.8. The molecule has 0 saturated heterocycles. The van der Waals surface area contributed by atoms with Gasteiger partial charge in [0.25, 0.3) is 0 Å². The molecule has 0 saturated carbocycles. The molecule has 6 nitrogen and oxygen atoms in total. The van der Waals surface area contributed by atoms with Crippen LogP contribution in [0.4, 0.5) is 0 Å². The van der Waals surface area contributed by atoms with Crippen molar-refractivity contribution in [3.8, 4) is 0 Å². The molecule has 0 aliphatic heterocycles. The van der Waals surface area contributed by atoms with E-state index in [1.54, 1.807) is 0 Å². The number of aliphatic hydroxyl groups is 1. The zero-order valence-corrected chi connectivity index (χ0v) is 8.80. The molecule has 86 valence electrons. The zero-order valence-electron chi connectivity index (χ0n) is 8.80. The lowest BCUT2D eigenvalue weighted by molar-refractivity contribution is -0.306. The molecule has 0 amide bonds. The van der Waals surface area contributed by atoms with Gasteiger partial charge in [0.15, 0.2) is 0 Å². The maximum absolute atomic E-state index is 8.76. The van der Waals surface area contributed by atoms with E-state index in [4.69, 9.17) is 25.1 Å². The summed E-state index contributed by atoms with van der Waals surface area (Å²) in [4.78, 5) is 9.44. The third-order valence-corrected chi connectivity index (χ3v) is 1.08. The quantitative estimate of drug-likeness (QED) is 0.199. The first kappa shape index (κ1) is 16.3. The van der Waals surface area contributed by atoms with Crippen LogP contribution in [-0.4, -0.2) is 47.3 Å². The largest absolute Gasteiger partial charge is 0.631 e. The molecule has 0 aliphatic carbocycles. The lowest BCUT2D eigenvalue weighted by atomic mass is 9.97. The van der Waals surface area contributed by atoms with E-state index in [0.29, 0.717) is 13.2 Å². The molecule has 0 bridgehead atoms. The van der Waals surface area contributed by atoms with Crippen molar-refractivity contribution < 1.29 is 30.0 Å². The average molecular weight is 210 g/mol. The molecule has 0 rings (SSSR count). The van der Waals surface area contributed by atoms with E-state index in [1.807, 2.05) is 20.8 Å². The molecule has 0 atom stereocenters. The van der Waals surface area contributed by atoms with Crippen molar-refractivity contribution in [3.05, 3.63) is 0 Å². The Morgan fingerprint density at radius 3 is 1.86 bits per heavy atom. The highest BCUT2D eigenvalue weighted by Gasteiger charge is 2.16. The summed E-state index contributed by atoms with van der Waals surface area (Å²) in [5.74, 6) is 0. The molecule has 0 unspecified atom stereocenters. The fourth-order valence-corrected chi connectivity index (χ4v) is 0.330. The standard InChI is InChI=1S/C7H16O3.BH3O3/c1-4-9-10-6-7(2,3)5-8;2-1(3)4/h8H,4-6H2,1-3H3;2-4H. The Morgan fingerprint density at radius 1 is 1.14 bits per heavy atom. The van der Waals surface area contributed by atoms with Crippen LogP contribution in [0.25, 0.3) is 0 Å². The maximum atomic E-state index is 8.76. The van der Waals surface area contributed by atoms with Crippen molar-refractivity contribution in [2.24, 2.45) is 5.41 Å². The van der Waals surface area contributed by atoms with Gasteiger partial charge in [0.05, 0.1) is 19.8 Å². The van der Waals surface area contributed by atoms with Crippen molar-refractivity contribution >= 4 is 7.32 Å². The van der Waals surface area contributed by atoms with Crippen LogP contribution in [0.5, 0.6) is 0 Å². The number of aliphatic hydroxyl groups excluding tert-OH is 1. The number of hydrogen-bond acceptors (Lipinski definition) is 6. The Bertz CT molecular complexity index is 116. The summed E-state index contributed by atoms with van der Waals surface area (Å²) in [6.45, 7) is 6.75. The molecule has 0 heterocycles. The van der Waals surface area contributed by atoms with E-state index in [9.17, 15) is 0 Å². The molecule has 4 N–H and O–H groups in total. The topological polar surface area (TPSA) is 99.4 Å². The molecule has 0 aromatic carbocycles. The first-order valence-corrected chi connectivity index (χ1v) is 4.25. The van der Waals surface area contributed by atoms with Crippen molar-refractivity contribution in [2.45, 2.75) is 20.8 Å². The van der Waals surface area contributed by atoms with Crippen LogP contribution in [0, 0.1) is 5.41 Å². The molecule has 0 aromatic heterocycles. The molecule has 7 heteroatoms. The smallest absolute Gasteiger partial charge is 0.402 e. The van der Waals surface area contributed by atoms with Gasteiger partial charge in [-0.1, -0.05) is 13.8 Å². The summed E-state index contributed by atoms with van der Waals surface area (Å²) >= 11 is 0. The van der Waals surface area contributed by atoms with Gasteiger partial charge in [0.1, 0.15) is 0 Å². The van der Waals surface area contributed by atoms with E-state index in [0.717, 1.165) is 0 Å². The highest BCUT2D eigenvalue weighted by atomic mass is 17.2. The molecule has 0 aliphatic rings. The molecule has 0 radical (unpaired) electrons. The Morgan fingerprint density at radius 2 is 1.57 bits per heavy atom. The minimum Gasteiger partial charge on any atom is -0.402 e. The Balaban J connectivity index is 0. The summed E-state index contributed by atoms with van der Waals surface area (Å²) < 4.78 is 0. The summed E-state index contributed by atoms with van der Waals surface area (Å²) in [6.07, 6.45) is 0. The van der Waals surface area contributed by atoms with Crippen molar-refractivity contribution in [2.75, 3.05) is 19.8 Å². The highest BCUT2D eigenvalue weighted by molar-refractivity contribution is 6.30. The number of hydrogen-bond donors (Lipinski definition) is 4. The molecular formula is C7H19BO6. The fraction of sp³-hybridized carbons (Fsp3) is 1.00. The maximum Gasteiger partial charge on any atom is 0.631 e. The van der Waals surface area contributed by atoms with Crippen LogP contribution in [-0.2, 0) is 9.78 Å². The first-order valence-electron chi connectivity index (χ1n) is 4.25. The van der Waals surface area contributed by atoms with Gasteiger partial charge in [-0.3, -0.25) is 0 Å². The van der Waals surface area contributed by atoms with Crippen molar-refractivity contribution in [3.63, 3.8) is 0 Å². The zero-order chi connectivity index (χ0) is 11.6. The number of rotatable bonds is 5. The molecule has 0 aromatic rings. The monoisotopic (exact) mass is 210 g/mol.